The second-order valence-electron chi connectivity index (χ2n) is 16.2. The molecule has 0 amide bonds. The Balaban J connectivity index is 1.14. The van der Waals surface area contributed by atoms with Gasteiger partial charge in [-0.05, 0) is 110 Å². The number of aromatic nitrogens is 5. The molecular weight excluding hydrogens is 699 g/mol. The van der Waals surface area contributed by atoms with Gasteiger partial charge in [0.1, 0.15) is 17.3 Å². The minimum absolute atomic E-state index is 0.0540. The highest BCUT2D eigenvalue weighted by Gasteiger charge is 2.23. The summed E-state index contributed by atoms with van der Waals surface area (Å²) in [5, 5.41) is 9.69. The summed E-state index contributed by atoms with van der Waals surface area (Å²) in [5.41, 5.74) is 13.5. The van der Waals surface area contributed by atoms with Gasteiger partial charge in [0.05, 0.1) is 33.4 Å². The highest BCUT2D eigenvalue weighted by Crippen LogP contribution is 2.43. The predicted molar refractivity (Wildman–Crippen MR) is 235 cm³/mol. The van der Waals surface area contributed by atoms with Gasteiger partial charge in [-0.3, -0.25) is 4.57 Å². The van der Waals surface area contributed by atoms with E-state index in [0.29, 0.717) is 0 Å². The maximum Gasteiger partial charge on any atom is 0.137 e. The van der Waals surface area contributed by atoms with Gasteiger partial charge in [-0.1, -0.05) is 87.0 Å². The van der Waals surface area contributed by atoms with Gasteiger partial charge in [0, 0.05) is 57.3 Å². The molecule has 0 aliphatic carbocycles. The topological polar surface area (TPSA) is 49.8 Å². The molecule has 6 aromatic carbocycles. The summed E-state index contributed by atoms with van der Waals surface area (Å²) in [6, 6.07) is 49.3. The van der Waals surface area contributed by atoms with E-state index in [0.717, 1.165) is 61.8 Å². The van der Waals surface area contributed by atoms with Crippen LogP contribution >= 0.6 is 0 Å². The molecule has 0 aliphatic heterocycles. The first-order valence-corrected chi connectivity index (χ1v) is 19.6. The van der Waals surface area contributed by atoms with E-state index in [9.17, 15) is 0 Å². The third kappa shape index (κ3) is 5.79. The first-order chi connectivity index (χ1) is 27.6. The number of rotatable bonds is 6. The first-order valence-electron chi connectivity index (χ1n) is 19.6. The quantitative estimate of drug-likeness (QED) is 0.170. The van der Waals surface area contributed by atoms with Crippen LogP contribution in [0.5, 0.6) is 11.5 Å². The smallest absolute Gasteiger partial charge is 0.137 e. The highest BCUT2D eigenvalue weighted by atomic mass is 16.5. The van der Waals surface area contributed by atoms with E-state index < -0.39 is 0 Å². The van der Waals surface area contributed by atoms with Crippen LogP contribution in [-0.2, 0) is 5.41 Å². The minimum atomic E-state index is -0.0540. The fraction of sp³-hybridized carbons (Fsp3) is 0.137. The summed E-state index contributed by atoms with van der Waals surface area (Å²) in [4.78, 5) is 5.05. The molecule has 6 heteroatoms. The van der Waals surface area contributed by atoms with Crippen LogP contribution in [0.4, 0.5) is 0 Å². The van der Waals surface area contributed by atoms with Crippen molar-refractivity contribution < 1.29 is 4.74 Å². The van der Waals surface area contributed by atoms with Crippen molar-refractivity contribution in [3.63, 3.8) is 0 Å². The number of pyridine rings is 1. The SMILES string of the molecule is Cc1cc(C)c(-c2ccn(-c3cccc(Oc4ccc5c6ccc7c(c8ccccc8n7-c7ccccc7)c6n(-c6cc(C(C)(C)C)ccn6)c5c4)c3)n2)c(C)c1. The normalized spacial score (nSPS) is 12.0. The zero-order chi connectivity index (χ0) is 39.0. The number of hydrogen-bond acceptors (Lipinski definition) is 3. The third-order valence-electron chi connectivity index (χ3n) is 11.2. The molecule has 0 unspecified atom stereocenters. The Morgan fingerprint density at radius 2 is 1.30 bits per heavy atom. The van der Waals surface area contributed by atoms with E-state index in [2.05, 4.69) is 172 Å². The molecule has 6 nitrogen and oxygen atoms in total. The molecule has 0 spiro atoms. The zero-order valence-corrected chi connectivity index (χ0v) is 33.1. The molecule has 278 valence electrons. The van der Waals surface area contributed by atoms with E-state index >= 15 is 0 Å². The maximum atomic E-state index is 6.70. The zero-order valence-electron chi connectivity index (χ0n) is 33.1. The van der Waals surface area contributed by atoms with E-state index in [-0.39, 0.29) is 5.41 Å². The Bertz CT molecular complexity index is 3150. The summed E-state index contributed by atoms with van der Waals surface area (Å²) in [5.74, 6) is 2.35. The Hall–Kier alpha value is -6.92. The fourth-order valence-corrected chi connectivity index (χ4v) is 8.71. The standard InChI is InChI=1S/C51H43N5O/c1-32-27-33(2)48(34(3)28-32)43-24-26-54(53-43)37-15-12-16-38(30-37)57-39-19-20-40-41-21-22-45-49(42-17-10-11-18-44(42)55(45)36-13-8-7-9-14-36)50(41)56(46(40)31-39)47-29-35(23-25-52-47)51(4,5)6/h7-31H,1-6H3. The highest BCUT2D eigenvalue weighted by molar-refractivity contribution is 6.26. The van der Waals surface area contributed by atoms with Gasteiger partial charge in [-0.25, -0.2) is 9.67 Å². The van der Waals surface area contributed by atoms with Gasteiger partial charge >= 0.3 is 0 Å². The van der Waals surface area contributed by atoms with Crippen molar-refractivity contribution in [1.82, 2.24) is 23.9 Å². The van der Waals surface area contributed by atoms with E-state index in [1.807, 2.05) is 35.3 Å². The van der Waals surface area contributed by atoms with Crippen LogP contribution in [0.25, 0.3) is 72.1 Å². The lowest BCUT2D eigenvalue weighted by Gasteiger charge is -2.20. The van der Waals surface area contributed by atoms with Crippen molar-refractivity contribution in [3.8, 4) is 39.9 Å². The summed E-state index contributed by atoms with van der Waals surface area (Å²) in [6.07, 6.45) is 3.96. The molecule has 0 N–H and O–H groups in total. The average molecular weight is 742 g/mol. The molecule has 10 rings (SSSR count). The molecule has 57 heavy (non-hydrogen) atoms. The number of ether oxygens (including phenoxy) is 1. The van der Waals surface area contributed by atoms with Gasteiger partial charge in [0.15, 0.2) is 0 Å². The molecule has 0 aliphatic rings. The molecule has 0 bridgehead atoms. The third-order valence-corrected chi connectivity index (χ3v) is 11.2. The molecule has 0 saturated heterocycles. The van der Waals surface area contributed by atoms with Gasteiger partial charge in [-0.15, -0.1) is 0 Å². The Labute approximate surface area is 332 Å². The summed E-state index contributed by atoms with van der Waals surface area (Å²) in [7, 11) is 0. The van der Waals surface area contributed by atoms with Crippen LogP contribution in [0.2, 0.25) is 0 Å². The minimum Gasteiger partial charge on any atom is -0.457 e. The van der Waals surface area contributed by atoms with E-state index in [1.165, 1.54) is 44.0 Å². The van der Waals surface area contributed by atoms with Gasteiger partial charge in [-0.2, -0.15) is 5.10 Å². The summed E-state index contributed by atoms with van der Waals surface area (Å²) < 4.78 is 13.3. The van der Waals surface area contributed by atoms with Crippen molar-refractivity contribution in [2.24, 2.45) is 0 Å². The first kappa shape index (κ1) is 34.6. The van der Waals surface area contributed by atoms with E-state index in [1.54, 1.807) is 0 Å². The molecular formula is C51H43N5O. The molecule has 10 aromatic rings. The lowest BCUT2D eigenvalue weighted by molar-refractivity contribution is 0.483. The van der Waals surface area contributed by atoms with Crippen molar-refractivity contribution in [3.05, 3.63) is 174 Å². The molecule has 4 aromatic heterocycles. The van der Waals surface area contributed by atoms with Gasteiger partial charge in [0.25, 0.3) is 0 Å². The summed E-state index contributed by atoms with van der Waals surface area (Å²) >= 11 is 0. The monoisotopic (exact) mass is 741 g/mol. The predicted octanol–water partition coefficient (Wildman–Crippen LogP) is 13.1. The Morgan fingerprint density at radius 1 is 0.561 bits per heavy atom. The molecule has 0 atom stereocenters. The lowest BCUT2D eigenvalue weighted by atomic mass is 9.88. The van der Waals surface area contributed by atoms with Crippen LogP contribution in [0.3, 0.4) is 0 Å². The maximum absolute atomic E-state index is 6.70. The Kier molecular flexibility index (Phi) is 7.94. The van der Waals surface area contributed by atoms with Crippen LogP contribution < -0.4 is 4.74 Å². The largest absolute Gasteiger partial charge is 0.457 e. The second kappa shape index (κ2) is 13.1. The van der Waals surface area contributed by atoms with Crippen LogP contribution in [0, 0.1) is 20.8 Å². The lowest BCUT2D eigenvalue weighted by Crippen LogP contribution is -2.12. The van der Waals surface area contributed by atoms with Gasteiger partial charge < -0.3 is 9.30 Å². The molecule has 0 radical (unpaired) electrons. The molecule has 4 heterocycles. The van der Waals surface area contributed by atoms with Crippen molar-refractivity contribution in [2.75, 3.05) is 0 Å². The summed E-state index contributed by atoms with van der Waals surface area (Å²) in [6.45, 7) is 13.2. The van der Waals surface area contributed by atoms with Gasteiger partial charge in [0.2, 0.25) is 0 Å². The number of benzene rings is 6. The molecule has 0 saturated carbocycles. The number of para-hydroxylation sites is 2. The number of fused-ring (bicyclic) bond motifs is 7. The molecule has 0 fully saturated rings. The van der Waals surface area contributed by atoms with E-state index in [4.69, 9.17) is 14.8 Å². The van der Waals surface area contributed by atoms with Crippen molar-refractivity contribution >= 4 is 43.6 Å². The Morgan fingerprint density at radius 3 is 2.11 bits per heavy atom. The van der Waals surface area contributed by atoms with Crippen LogP contribution in [0.1, 0.15) is 43.0 Å². The fourth-order valence-electron chi connectivity index (χ4n) is 8.71. The van der Waals surface area contributed by atoms with Crippen LogP contribution in [0.15, 0.2) is 152 Å². The number of nitrogens with zero attached hydrogens (tertiary/aromatic N) is 5. The van der Waals surface area contributed by atoms with Crippen molar-refractivity contribution in [1.29, 1.82) is 0 Å². The number of hydrogen-bond donors (Lipinski definition) is 0. The van der Waals surface area contributed by atoms with Crippen molar-refractivity contribution in [2.45, 2.75) is 47.0 Å². The number of aryl methyl sites for hydroxylation is 3. The van der Waals surface area contributed by atoms with Crippen LogP contribution in [-0.4, -0.2) is 23.9 Å². The average Bonchev–Trinajstić information content (AvgIpc) is 3.90. The second-order valence-corrected chi connectivity index (χ2v) is 16.2.